The summed E-state index contributed by atoms with van der Waals surface area (Å²) in [5.74, 6) is 0.975. The number of nitrogens with two attached hydrogens (primary N) is 1. The van der Waals surface area contributed by atoms with Gasteiger partial charge in [0.1, 0.15) is 0 Å². The van der Waals surface area contributed by atoms with E-state index < -0.39 is 0 Å². The van der Waals surface area contributed by atoms with Crippen LogP contribution in [-0.2, 0) is 0 Å². The molecule has 2 nitrogen and oxygen atoms in total. The maximum absolute atomic E-state index is 6.24. The monoisotopic (exact) mass is 266 g/mol. The summed E-state index contributed by atoms with van der Waals surface area (Å²) in [6, 6.07) is 0. The van der Waals surface area contributed by atoms with Gasteiger partial charge in [0.05, 0.1) is 0 Å². The number of hydrogen-bond acceptors (Lipinski definition) is 2. The zero-order valence-electron chi connectivity index (χ0n) is 13.4. The second-order valence-electron chi connectivity index (χ2n) is 7.85. The minimum Gasteiger partial charge on any atom is -0.329 e. The van der Waals surface area contributed by atoms with Gasteiger partial charge in [-0.2, -0.15) is 0 Å². The number of likely N-dealkylation sites (tertiary alicyclic amines) is 1. The van der Waals surface area contributed by atoms with Crippen molar-refractivity contribution in [1.82, 2.24) is 4.90 Å². The summed E-state index contributed by atoms with van der Waals surface area (Å²) in [4.78, 5) is 2.76. The third-order valence-electron chi connectivity index (χ3n) is 5.68. The van der Waals surface area contributed by atoms with E-state index >= 15 is 0 Å². The predicted molar refractivity (Wildman–Crippen MR) is 83.2 cm³/mol. The van der Waals surface area contributed by atoms with E-state index in [1.165, 1.54) is 64.5 Å². The fourth-order valence-electron chi connectivity index (χ4n) is 4.39. The van der Waals surface area contributed by atoms with Crippen molar-refractivity contribution in [3.05, 3.63) is 0 Å². The van der Waals surface area contributed by atoms with Crippen molar-refractivity contribution in [2.24, 2.45) is 17.1 Å². The van der Waals surface area contributed by atoms with Crippen molar-refractivity contribution >= 4 is 0 Å². The molecule has 1 saturated heterocycles. The predicted octanol–water partition coefficient (Wildman–Crippen LogP) is 3.80. The van der Waals surface area contributed by atoms with E-state index in [9.17, 15) is 0 Å². The highest BCUT2D eigenvalue weighted by Crippen LogP contribution is 2.41. The van der Waals surface area contributed by atoms with Crippen molar-refractivity contribution < 1.29 is 0 Å². The van der Waals surface area contributed by atoms with E-state index in [2.05, 4.69) is 25.7 Å². The maximum atomic E-state index is 6.24. The molecular formula is C17H34N2. The summed E-state index contributed by atoms with van der Waals surface area (Å²) in [5, 5.41) is 0. The molecule has 0 amide bonds. The van der Waals surface area contributed by atoms with Gasteiger partial charge in [0, 0.05) is 18.6 Å². The van der Waals surface area contributed by atoms with Gasteiger partial charge in [0.2, 0.25) is 0 Å². The van der Waals surface area contributed by atoms with Gasteiger partial charge >= 0.3 is 0 Å². The molecular weight excluding hydrogens is 232 g/mol. The minimum absolute atomic E-state index is 0.335. The highest BCUT2D eigenvalue weighted by Gasteiger charge is 2.42. The van der Waals surface area contributed by atoms with Crippen LogP contribution in [0.4, 0.5) is 0 Å². The molecule has 1 heterocycles. The average molecular weight is 266 g/mol. The van der Waals surface area contributed by atoms with Crippen LogP contribution in [0.3, 0.4) is 0 Å². The molecule has 1 aliphatic carbocycles. The van der Waals surface area contributed by atoms with E-state index in [0.717, 1.165) is 12.5 Å². The molecule has 2 fully saturated rings. The lowest BCUT2D eigenvalue weighted by Crippen LogP contribution is -2.59. The lowest BCUT2D eigenvalue weighted by molar-refractivity contribution is -0.0123. The largest absolute Gasteiger partial charge is 0.329 e. The third kappa shape index (κ3) is 3.52. The Balaban J connectivity index is 1.99. The smallest absolute Gasteiger partial charge is 0.0332 e. The second kappa shape index (κ2) is 6.13. The molecule has 0 spiro atoms. The lowest BCUT2D eigenvalue weighted by Gasteiger charge is -2.52. The Morgan fingerprint density at radius 3 is 2.37 bits per heavy atom. The van der Waals surface area contributed by atoms with Crippen LogP contribution in [0.2, 0.25) is 0 Å². The summed E-state index contributed by atoms with van der Waals surface area (Å²) in [7, 11) is 0. The summed E-state index contributed by atoms with van der Waals surface area (Å²) < 4.78 is 0. The molecule has 19 heavy (non-hydrogen) atoms. The summed E-state index contributed by atoms with van der Waals surface area (Å²) in [5.41, 5.74) is 7.06. The maximum Gasteiger partial charge on any atom is 0.0332 e. The van der Waals surface area contributed by atoms with Crippen molar-refractivity contribution in [3.63, 3.8) is 0 Å². The average Bonchev–Trinajstić information content (AvgIpc) is 2.39. The molecule has 2 aliphatic rings. The van der Waals surface area contributed by atoms with Gasteiger partial charge in [-0.3, -0.25) is 4.90 Å². The first-order valence-corrected chi connectivity index (χ1v) is 8.46. The summed E-state index contributed by atoms with van der Waals surface area (Å²) in [6.07, 6.45) is 11.0. The molecule has 1 aliphatic heterocycles. The van der Waals surface area contributed by atoms with Crippen LogP contribution in [-0.4, -0.2) is 30.1 Å². The highest BCUT2D eigenvalue weighted by atomic mass is 15.2. The van der Waals surface area contributed by atoms with Crippen molar-refractivity contribution in [3.8, 4) is 0 Å². The number of hydrogen-bond donors (Lipinski definition) is 1. The van der Waals surface area contributed by atoms with Crippen molar-refractivity contribution in [1.29, 1.82) is 0 Å². The van der Waals surface area contributed by atoms with Crippen LogP contribution in [0.5, 0.6) is 0 Å². The van der Waals surface area contributed by atoms with Crippen molar-refractivity contribution in [2.45, 2.75) is 77.7 Å². The first-order chi connectivity index (χ1) is 9.01. The molecule has 0 unspecified atom stereocenters. The Kier molecular flexibility index (Phi) is 4.94. The van der Waals surface area contributed by atoms with E-state index in [1.54, 1.807) is 0 Å². The molecule has 0 aromatic carbocycles. The topological polar surface area (TPSA) is 29.3 Å². The van der Waals surface area contributed by atoms with Crippen LogP contribution in [0.15, 0.2) is 0 Å². The lowest BCUT2D eigenvalue weighted by atomic mass is 9.72. The van der Waals surface area contributed by atoms with Crippen molar-refractivity contribution in [2.75, 3.05) is 19.6 Å². The normalized spacial score (nSPS) is 36.3. The molecule has 2 heteroatoms. The molecule has 2 rings (SSSR count). The van der Waals surface area contributed by atoms with Gasteiger partial charge < -0.3 is 5.73 Å². The Hall–Kier alpha value is -0.0800. The number of piperidine rings is 1. The zero-order chi connectivity index (χ0) is 13.9. The Labute approximate surface area is 120 Å². The zero-order valence-corrected chi connectivity index (χ0v) is 13.4. The second-order valence-corrected chi connectivity index (χ2v) is 7.85. The quantitative estimate of drug-likeness (QED) is 0.838. The van der Waals surface area contributed by atoms with Crippen LogP contribution in [0, 0.1) is 11.3 Å². The Morgan fingerprint density at radius 1 is 1.16 bits per heavy atom. The van der Waals surface area contributed by atoms with Gasteiger partial charge in [-0.25, -0.2) is 0 Å². The SMILES string of the molecule is CCCC1CCC(CN)(N2CCCC(C)(C)C2)CC1. The van der Waals surface area contributed by atoms with Gasteiger partial charge in [-0.1, -0.05) is 33.6 Å². The van der Waals surface area contributed by atoms with Crippen LogP contribution in [0.1, 0.15) is 72.1 Å². The van der Waals surface area contributed by atoms with Gasteiger partial charge in [0.25, 0.3) is 0 Å². The Morgan fingerprint density at radius 2 is 1.84 bits per heavy atom. The number of nitrogens with zero attached hydrogens (tertiary/aromatic N) is 1. The molecule has 0 aromatic rings. The first-order valence-electron chi connectivity index (χ1n) is 8.46. The molecule has 1 saturated carbocycles. The minimum atomic E-state index is 0.335. The molecule has 0 radical (unpaired) electrons. The van der Waals surface area contributed by atoms with Crippen LogP contribution < -0.4 is 5.73 Å². The Bertz CT molecular complexity index is 277. The molecule has 112 valence electrons. The van der Waals surface area contributed by atoms with E-state index in [4.69, 9.17) is 5.73 Å². The van der Waals surface area contributed by atoms with E-state index in [1.807, 2.05) is 0 Å². The van der Waals surface area contributed by atoms with Gasteiger partial charge in [-0.15, -0.1) is 0 Å². The molecule has 0 aromatic heterocycles. The first kappa shape index (κ1) is 15.3. The standard InChI is InChI=1S/C17H34N2/c1-4-6-15-7-10-17(13-18,11-8-15)19-12-5-9-16(2,3)14-19/h15H,4-14,18H2,1-3H3. The molecule has 0 atom stereocenters. The van der Waals surface area contributed by atoms with Crippen LogP contribution >= 0.6 is 0 Å². The van der Waals surface area contributed by atoms with E-state index in [0.29, 0.717) is 11.0 Å². The fourth-order valence-corrected chi connectivity index (χ4v) is 4.39. The third-order valence-corrected chi connectivity index (χ3v) is 5.68. The highest BCUT2D eigenvalue weighted by molar-refractivity contribution is 4.98. The van der Waals surface area contributed by atoms with Gasteiger partial charge in [-0.05, 0) is 56.4 Å². The van der Waals surface area contributed by atoms with Gasteiger partial charge in [0.15, 0.2) is 0 Å². The summed E-state index contributed by atoms with van der Waals surface area (Å²) >= 11 is 0. The number of rotatable bonds is 4. The van der Waals surface area contributed by atoms with E-state index in [-0.39, 0.29) is 0 Å². The summed E-state index contributed by atoms with van der Waals surface area (Å²) in [6.45, 7) is 10.6. The van der Waals surface area contributed by atoms with Crippen LogP contribution in [0.25, 0.3) is 0 Å². The fraction of sp³-hybridized carbons (Fsp3) is 1.00. The molecule has 0 bridgehead atoms. The molecule has 2 N–H and O–H groups in total.